The van der Waals surface area contributed by atoms with E-state index in [4.69, 9.17) is 4.74 Å². The average molecular weight is 392 g/mol. The lowest BCUT2D eigenvalue weighted by molar-refractivity contribution is 0.0555. The van der Waals surface area contributed by atoms with Crippen molar-refractivity contribution in [1.82, 2.24) is 9.80 Å². The van der Waals surface area contributed by atoms with E-state index in [1.54, 1.807) is 24.3 Å². The van der Waals surface area contributed by atoms with Gasteiger partial charge >= 0.3 is 5.97 Å². The molecule has 29 heavy (non-hydrogen) atoms. The summed E-state index contributed by atoms with van der Waals surface area (Å²) in [5.41, 5.74) is 3.86. The topological polar surface area (TPSA) is 49.9 Å². The summed E-state index contributed by atoms with van der Waals surface area (Å²) in [4.78, 5) is 29.3. The molecule has 152 valence electrons. The SMILES string of the molecule is COC(=O)c1cccc(C(=O)N(C)[C@H]2CCCN(C3Cc4ccccc4C3)C2)c1. The molecule has 1 heterocycles. The van der Waals surface area contributed by atoms with E-state index in [2.05, 4.69) is 29.2 Å². The van der Waals surface area contributed by atoms with Crippen molar-refractivity contribution in [2.24, 2.45) is 0 Å². The van der Waals surface area contributed by atoms with Crippen molar-refractivity contribution in [3.05, 3.63) is 70.8 Å². The third kappa shape index (κ3) is 4.06. The molecule has 4 rings (SSSR count). The van der Waals surface area contributed by atoms with Crippen LogP contribution in [0.2, 0.25) is 0 Å². The van der Waals surface area contributed by atoms with E-state index in [1.807, 2.05) is 11.9 Å². The summed E-state index contributed by atoms with van der Waals surface area (Å²) >= 11 is 0. The molecule has 0 saturated carbocycles. The van der Waals surface area contributed by atoms with E-state index < -0.39 is 5.97 Å². The number of benzene rings is 2. The number of hydrogen-bond donors (Lipinski definition) is 0. The molecule has 0 spiro atoms. The van der Waals surface area contributed by atoms with Crippen LogP contribution in [0.1, 0.15) is 44.7 Å². The highest BCUT2D eigenvalue weighted by molar-refractivity contribution is 5.98. The number of carbonyl (C=O) groups is 2. The van der Waals surface area contributed by atoms with Crippen LogP contribution >= 0.6 is 0 Å². The van der Waals surface area contributed by atoms with E-state index in [0.29, 0.717) is 17.2 Å². The lowest BCUT2D eigenvalue weighted by atomic mass is 10.00. The number of fused-ring (bicyclic) bond motifs is 1. The Labute approximate surface area is 172 Å². The third-order valence-electron chi connectivity index (χ3n) is 6.37. The minimum atomic E-state index is -0.424. The van der Waals surface area contributed by atoms with Crippen LogP contribution < -0.4 is 0 Å². The van der Waals surface area contributed by atoms with Crippen LogP contribution in [0.3, 0.4) is 0 Å². The molecular weight excluding hydrogens is 364 g/mol. The summed E-state index contributed by atoms with van der Waals surface area (Å²) in [5, 5.41) is 0. The van der Waals surface area contributed by atoms with Gasteiger partial charge in [0.25, 0.3) is 5.91 Å². The Morgan fingerprint density at radius 1 is 1.03 bits per heavy atom. The van der Waals surface area contributed by atoms with Crippen LogP contribution in [0.15, 0.2) is 48.5 Å². The number of piperidine rings is 1. The number of rotatable bonds is 4. The number of hydrogen-bond acceptors (Lipinski definition) is 4. The van der Waals surface area contributed by atoms with Gasteiger partial charge in [-0.1, -0.05) is 30.3 Å². The molecule has 1 amide bonds. The van der Waals surface area contributed by atoms with Crippen LogP contribution in [0.25, 0.3) is 0 Å². The standard InChI is InChI=1S/C24H28N2O3/c1-25(23(27)19-9-5-10-20(13-19)24(28)29-2)21-11-6-12-26(16-21)22-14-17-7-3-4-8-18(17)15-22/h3-5,7-10,13,21-22H,6,11-12,14-16H2,1-2H3/t21-/m0/s1. The van der Waals surface area contributed by atoms with Gasteiger partial charge < -0.3 is 9.64 Å². The molecule has 2 aromatic rings. The molecule has 0 aromatic heterocycles. The highest BCUT2D eigenvalue weighted by Crippen LogP contribution is 2.28. The van der Waals surface area contributed by atoms with Gasteiger partial charge in [0.1, 0.15) is 0 Å². The van der Waals surface area contributed by atoms with Gasteiger partial charge in [-0.2, -0.15) is 0 Å². The number of methoxy groups -OCH3 is 1. The first-order valence-corrected chi connectivity index (χ1v) is 10.3. The summed E-state index contributed by atoms with van der Waals surface area (Å²) in [5.74, 6) is -0.468. The minimum absolute atomic E-state index is 0.0442. The second kappa shape index (κ2) is 8.37. The molecule has 2 aliphatic rings. The lowest BCUT2D eigenvalue weighted by Gasteiger charge is -2.40. The average Bonchev–Trinajstić information content (AvgIpc) is 3.22. The normalized spacial score (nSPS) is 19.6. The van der Waals surface area contributed by atoms with Crippen molar-refractivity contribution in [3.8, 4) is 0 Å². The second-order valence-electron chi connectivity index (χ2n) is 8.11. The van der Waals surface area contributed by atoms with Gasteiger partial charge in [-0.25, -0.2) is 4.79 Å². The highest BCUT2D eigenvalue weighted by atomic mass is 16.5. The third-order valence-corrected chi connectivity index (χ3v) is 6.37. The van der Waals surface area contributed by atoms with Gasteiger partial charge in [-0.05, 0) is 61.6 Å². The Balaban J connectivity index is 1.43. The first-order valence-electron chi connectivity index (χ1n) is 10.3. The van der Waals surface area contributed by atoms with Gasteiger partial charge in [-0.15, -0.1) is 0 Å². The summed E-state index contributed by atoms with van der Waals surface area (Å²) < 4.78 is 4.77. The molecule has 0 N–H and O–H groups in total. The molecule has 5 nitrogen and oxygen atoms in total. The van der Waals surface area contributed by atoms with E-state index in [9.17, 15) is 9.59 Å². The first kappa shape index (κ1) is 19.6. The van der Waals surface area contributed by atoms with Gasteiger partial charge in [-0.3, -0.25) is 9.69 Å². The first-order chi connectivity index (χ1) is 14.1. The zero-order valence-electron chi connectivity index (χ0n) is 17.1. The van der Waals surface area contributed by atoms with Crippen molar-refractivity contribution in [3.63, 3.8) is 0 Å². The van der Waals surface area contributed by atoms with Crippen LogP contribution in [-0.4, -0.2) is 61.0 Å². The molecule has 0 bridgehead atoms. The van der Waals surface area contributed by atoms with E-state index in [1.165, 1.54) is 18.2 Å². The number of nitrogens with zero attached hydrogens (tertiary/aromatic N) is 2. The summed E-state index contributed by atoms with van der Waals surface area (Å²) in [6, 6.07) is 16.2. The van der Waals surface area contributed by atoms with Gasteiger partial charge in [0.2, 0.25) is 0 Å². The van der Waals surface area contributed by atoms with Crippen LogP contribution in [0, 0.1) is 0 Å². The Bertz CT molecular complexity index is 886. The monoisotopic (exact) mass is 392 g/mol. The molecule has 1 fully saturated rings. The molecule has 1 aliphatic carbocycles. The smallest absolute Gasteiger partial charge is 0.337 e. The molecule has 1 aliphatic heterocycles. The quantitative estimate of drug-likeness (QED) is 0.750. The molecule has 5 heteroatoms. The largest absolute Gasteiger partial charge is 0.465 e. The van der Waals surface area contributed by atoms with Crippen molar-refractivity contribution in [2.45, 2.75) is 37.8 Å². The molecule has 0 radical (unpaired) electrons. The second-order valence-corrected chi connectivity index (χ2v) is 8.11. The Hall–Kier alpha value is -2.66. The van der Waals surface area contributed by atoms with Crippen LogP contribution in [-0.2, 0) is 17.6 Å². The predicted octanol–water partition coefficient (Wildman–Crippen LogP) is 3.18. The predicted molar refractivity (Wildman–Crippen MR) is 112 cm³/mol. The van der Waals surface area contributed by atoms with Crippen molar-refractivity contribution >= 4 is 11.9 Å². The van der Waals surface area contributed by atoms with Crippen molar-refractivity contribution in [1.29, 1.82) is 0 Å². The number of ether oxygens (including phenoxy) is 1. The van der Waals surface area contributed by atoms with E-state index in [0.717, 1.165) is 38.8 Å². The highest BCUT2D eigenvalue weighted by Gasteiger charge is 2.33. The summed E-state index contributed by atoms with van der Waals surface area (Å²) in [7, 11) is 3.23. The van der Waals surface area contributed by atoms with Crippen molar-refractivity contribution < 1.29 is 14.3 Å². The number of likely N-dealkylation sites (tertiary alicyclic amines) is 1. The molecule has 2 aromatic carbocycles. The maximum absolute atomic E-state index is 13.1. The molecule has 0 unspecified atom stereocenters. The van der Waals surface area contributed by atoms with Crippen LogP contribution in [0.4, 0.5) is 0 Å². The number of carbonyl (C=O) groups excluding carboxylic acids is 2. The Morgan fingerprint density at radius 3 is 2.41 bits per heavy atom. The molecular formula is C24H28N2O3. The zero-order chi connectivity index (χ0) is 20.4. The van der Waals surface area contributed by atoms with Gasteiger partial charge in [0, 0.05) is 31.2 Å². The number of esters is 1. The lowest BCUT2D eigenvalue weighted by Crippen LogP contribution is -2.51. The number of likely N-dealkylation sites (N-methyl/N-ethyl adjacent to an activating group) is 1. The summed E-state index contributed by atoms with van der Waals surface area (Å²) in [6.45, 7) is 1.99. The van der Waals surface area contributed by atoms with Gasteiger partial charge in [0.05, 0.1) is 12.7 Å². The fourth-order valence-electron chi connectivity index (χ4n) is 4.69. The summed E-state index contributed by atoms with van der Waals surface area (Å²) in [6.07, 6.45) is 4.30. The fourth-order valence-corrected chi connectivity index (χ4v) is 4.69. The zero-order valence-corrected chi connectivity index (χ0v) is 17.1. The minimum Gasteiger partial charge on any atom is -0.465 e. The van der Waals surface area contributed by atoms with Crippen LogP contribution in [0.5, 0.6) is 0 Å². The van der Waals surface area contributed by atoms with E-state index in [-0.39, 0.29) is 11.9 Å². The molecule has 1 saturated heterocycles. The van der Waals surface area contributed by atoms with E-state index >= 15 is 0 Å². The maximum atomic E-state index is 13.1. The molecule has 1 atom stereocenters. The number of amides is 1. The Kier molecular flexibility index (Phi) is 5.67. The maximum Gasteiger partial charge on any atom is 0.337 e. The fraction of sp³-hybridized carbons (Fsp3) is 0.417. The van der Waals surface area contributed by atoms with Crippen molar-refractivity contribution in [2.75, 3.05) is 27.2 Å². The Morgan fingerprint density at radius 2 is 1.72 bits per heavy atom. The van der Waals surface area contributed by atoms with Gasteiger partial charge in [0.15, 0.2) is 0 Å².